The lowest BCUT2D eigenvalue weighted by atomic mass is 9.65. The summed E-state index contributed by atoms with van der Waals surface area (Å²) >= 11 is 0. The fourth-order valence-electron chi connectivity index (χ4n) is 2.12. The van der Waals surface area contributed by atoms with E-state index >= 15 is 0 Å². The van der Waals surface area contributed by atoms with Crippen molar-refractivity contribution in [2.75, 3.05) is 13.6 Å². The standard InChI is InChI=1S/C10H17F2NO/c1-9(2,3)10(7(11)12)5-6-13(4)8(10)14/h7H,5-6H2,1-4H3/t10-/m0/s1. The molecule has 2 nitrogen and oxygen atoms in total. The molecule has 1 rings (SSSR count). The molecule has 1 amide bonds. The van der Waals surface area contributed by atoms with E-state index in [1.807, 2.05) is 0 Å². The van der Waals surface area contributed by atoms with E-state index in [1.165, 1.54) is 4.90 Å². The molecule has 1 saturated heterocycles. The fraction of sp³-hybridized carbons (Fsp3) is 0.900. The van der Waals surface area contributed by atoms with E-state index in [0.717, 1.165) is 0 Å². The van der Waals surface area contributed by atoms with Gasteiger partial charge in [-0.3, -0.25) is 4.79 Å². The van der Waals surface area contributed by atoms with Gasteiger partial charge in [0.1, 0.15) is 5.41 Å². The highest BCUT2D eigenvalue weighted by atomic mass is 19.3. The Morgan fingerprint density at radius 1 is 1.43 bits per heavy atom. The maximum absolute atomic E-state index is 13.1. The molecule has 0 unspecified atom stereocenters. The molecule has 0 spiro atoms. The average molecular weight is 205 g/mol. The summed E-state index contributed by atoms with van der Waals surface area (Å²) < 4.78 is 26.1. The lowest BCUT2D eigenvalue weighted by Crippen LogP contribution is -2.48. The molecule has 1 atom stereocenters. The van der Waals surface area contributed by atoms with Gasteiger partial charge in [0.25, 0.3) is 6.43 Å². The highest BCUT2D eigenvalue weighted by molar-refractivity contribution is 5.85. The molecule has 0 saturated carbocycles. The van der Waals surface area contributed by atoms with Gasteiger partial charge in [0.2, 0.25) is 5.91 Å². The van der Waals surface area contributed by atoms with Crippen molar-refractivity contribution in [3.63, 3.8) is 0 Å². The molecule has 1 heterocycles. The Hall–Kier alpha value is -0.670. The van der Waals surface area contributed by atoms with E-state index in [4.69, 9.17) is 0 Å². The number of likely N-dealkylation sites (tertiary alicyclic amines) is 1. The Morgan fingerprint density at radius 2 is 1.93 bits per heavy atom. The van der Waals surface area contributed by atoms with Gasteiger partial charge < -0.3 is 4.90 Å². The summed E-state index contributed by atoms with van der Waals surface area (Å²) in [5, 5.41) is 0. The molecule has 0 radical (unpaired) electrons. The summed E-state index contributed by atoms with van der Waals surface area (Å²) in [4.78, 5) is 13.2. The van der Waals surface area contributed by atoms with Crippen molar-refractivity contribution in [2.45, 2.75) is 33.6 Å². The maximum Gasteiger partial charge on any atom is 0.253 e. The van der Waals surface area contributed by atoms with Gasteiger partial charge in [0.05, 0.1) is 0 Å². The van der Waals surface area contributed by atoms with Crippen molar-refractivity contribution in [1.82, 2.24) is 4.90 Å². The molecule has 0 aliphatic carbocycles. The number of amides is 1. The Morgan fingerprint density at radius 3 is 2.07 bits per heavy atom. The smallest absolute Gasteiger partial charge is 0.253 e. The monoisotopic (exact) mass is 205 g/mol. The van der Waals surface area contributed by atoms with Gasteiger partial charge in [-0.15, -0.1) is 0 Å². The number of carbonyl (C=O) groups excluding carboxylic acids is 1. The van der Waals surface area contributed by atoms with Gasteiger partial charge in [-0.2, -0.15) is 0 Å². The molecule has 0 aromatic rings. The number of nitrogens with zero attached hydrogens (tertiary/aromatic N) is 1. The molecule has 82 valence electrons. The second-order valence-electron chi connectivity index (χ2n) is 5.00. The van der Waals surface area contributed by atoms with Crippen molar-refractivity contribution in [3.8, 4) is 0 Å². The summed E-state index contributed by atoms with van der Waals surface area (Å²) in [6.07, 6.45) is -2.33. The van der Waals surface area contributed by atoms with E-state index in [2.05, 4.69) is 0 Å². The first-order valence-electron chi connectivity index (χ1n) is 4.77. The Labute approximate surface area is 83.3 Å². The van der Waals surface area contributed by atoms with Crippen LogP contribution in [0, 0.1) is 10.8 Å². The van der Waals surface area contributed by atoms with Crippen LogP contribution in [0.5, 0.6) is 0 Å². The van der Waals surface area contributed by atoms with E-state index in [-0.39, 0.29) is 6.42 Å². The first-order chi connectivity index (χ1) is 6.23. The van der Waals surface area contributed by atoms with Crippen molar-refractivity contribution in [3.05, 3.63) is 0 Å². The van der Waals surface area contributed by atoms with Gasteiger partial charge in [-0.25, -0.2) is 8.78 Å². The molecule has 1 aliphatic heterocycles. The predicted octanol–water partition coefficient (Wildman–Crippen LogP) is 2.15. The number of hydrogen-bond acceptors (Lipinski definition) is 1. The van der Waals surface area contributed by atoms with Crippen LogP contribution in [0.25, 0.3) is 0 Å². The zero-order valence-corrected chi connectivity index (χ0v) is 9.10. The Bertz CT molecular complexity index is 247. The van der Waals surface area contributed by atoms with Crippen LogP contribution in [-0.2, 0) is 4.79 Å². The number of carbonyl (C=O) groups is 1. The summed E-state index contributed by atoms with van der Waals surface area (Å²) in [5.74, 6) is -0.417. The second-order valence-corrected chi connectivity index (χ2v) is 5.00. The van der Waals surface area contributed by atoms with Crippen LogP contribution in [0.2, 0.25) is 0 Å². The van der Waals surface area contributed by atoms with E-state index in [1.54, 1.807) is 27.8 Å². The summed E-state index contributed by atoms with van der Waals surface area (Å²) in [5.41, 5.74) is -2.18. The number of hydrogen-bond donors (Lipinski definition) is 0. The highest BCUT2D eigenvalue weighted by Gasteiger charge is 2.59. The van der Waals surface area contributed by atoms with E-state index in [9.17, 15) is 13.6 Å². The van der Waals surface area contributed by atoms with E-state index < -0.39 is 23.2 Å². The third kappa shape index (κ3) is 1.31. The normalized spacial score (nSPS) is 29.1. The van der Waals surface area contributed by atoms with Gasteiger partial charge in [-0.1, -0.05) is 20.8 Å². The molecule has 0 bridgehead atoms. The third-order valence-electron chi connectivity index (χ3n) is 3.28. The quantitative estimate of drug-likeness (QED) is 0.642. The van der Waals surface area contributed by atoms with Gasteiger partial charge in [0, 0.05) is 13.6 Å². The molecule has 1 fully saturated rings. The molecule has 1 aliphatic rings. The van der Waals surface area contributed by atoms with Gasteiger partial charge >= 0.3 is 0 Å². The van der Waals surface area contributed by atoms with Gasteiger partial charge in [-0.05, 0) is 11.8 Å². The molecule has 14 heavy (non-hydrogen) atoms. The molecule has 0 aromatic carbocycles. The lowest BCUT2D eigenvalue weighted by molar-refractivity contribution is -0.154. The number of alkyl halides is 2. The van der Waals surface area contributed by atoms with Crippen LogP contribution in [-0.4, -0.2) is 30.8 Å². The maximum atomic E-state index is 13.1. The molecule has 4 heteroatoms. The lowest BCUT2D eigenvalue weighted by Gasteiger charge is -2.38. The highest BCUT2D eigenvalue weighted by Crippen LogP contribution is 2.50. The Balaban J connectivity index is 3.14. The van der Waals surface area contributed by atoms with Crippen LogP contribution in [0.4, 0.5) is 8.78 Å². The molecular weight excluding hydrogens is 188 g/mol. The first-order valence-corrected chi connectivity index (χ1v) is 4.77. The average Bonchev–Trinajstić information content (AvgIpc) is 2.28. The third-order valence-corrected chi connectivity index (χ3v) is 3.28. The van der Waals surface area contributed by atoms with Crippen LogP contribution >= 0.6 is 0 Å². The van der Waals surface area contributed by atoms with Crippen molar-refractivity contribution < 1.29 is 13.6 Å². The van der Waals surface area contributed by atoms with Crippen molar-refractivity contribution in [2.24, 2.45) is 10.8 Å². The largest absolute Gasteiger partial charge is 0.345 e. The van der Waals surface area contributed by atoms with Crippen LogP contribution in [0.1, 0.15) is 27.2 Å². The zero-order chi connectivity index (χ0) is 11.1. The summed E-state index contributed by atoms with van der Waals surface area (Å²) in [7, 11) is 1.58. The minimum atomic E-state index is -2.58. The number of halogens is 2. The summed E-state index contributed by atoms with van der Waals surface area (Å²) in [6, 6.07) is 0. The van der Waals surface area contributed by atoms with Crippen LogP contribution in [0.15, 0.2) is 0 Å². The molecule has 0 N–H and O–H groups in total. The second kappa shape index (κ2) is 3.17. The molecule has 0 aromatic heterocycles. The minimum Gasteiger partial charge on any atom is -0.345 e. The summed E-state index contributed by atoms with van der Waals surface area (Å²) in [6.45, 7) is 5.54. The fourth-order valence-corrected chi connectivity index (χ4v) is 2.12. The van der Waals surface area contributed by atoms with Crippen molar-refractivity contribution >= 4 is 5.91 Å². The first kappa shape index (κ1) is 11.4. The number of rotatable bonds is 1. The SMILES string of the molecule is CN1CC[C@@](C(F)F)(C(C)(C)C)C1=O. The predicted molar refractivity (Wildman–Crippen MR) is 50.1 cm³/mol. The van der Waals surface area contributed by atoms with Crippen LogP contribution < -0.4 is 0 Å². The van der Waals surface area contributed by atoms with Gasteiger partial charge in [0.15, 0.2) is 0 Å². The van der Waals surface area contributed by atoms with Crippen LogP contribution in [0.3, 0.4) is 0 Å². The van der Waals surface area contributed by atoms with Crippen molar-refractivity contribution in [1.29, 1.82) is 0 Å². The molecular formula is C10H17F2NO. The topological polar surface area (TPSA) is 20.3 Å². The minimum absolute atomic E-state index is 0.253. The Kier molecular flexibility index (Phi) is 2.59. The van der Waals surface area contributed by atoms with E-state index in [0.29, 0.717) is 6.54 Å². The zero-order valence-electron chi connectivity index (χ0n) is 9.10.